The van der Waals surface area contributed by atoms with Crippen LogP contribution in [0.4, 0.5) is 0 Å². The molecule has 4 aromatic rings. The Kier molecular flexibility index (Phi) is 7.64. The number of benzene rings is 4. The van der Waals surface area contributed by atoms with Crippen LogP contribution < -0.4 is 32.9 Å². The molecule has 0 spiro atoms. The summed E-state index contributed by atoms with van der Waals surface area (Å²) in [6.45, 7) is 4.51. The Morgan fingerprint density at radius 2 is 0.900 bits per heavy atom. The van der Waals surface area contributed by atoms with Gasteiger partial charge in [-0.25, -0.2) is 0 Å². The van der Waals surface area contributed by atoms with Crippen LogP contribution in [0.1, 0.15) is 30.9 Å². The Labute approximate surface area is 192 Å². The van der Waals surface area contributed by atoms with E-state index in [1.807, 2.05) is 0 Å². The van der Waals surface area contributed by atoms with E-state index in [1.54, 1.807) is 0 Å². The molecule has 0 aliphatic carbocycles. The Morgan fingerprint density at radius 1 is 0.533 bits per heavy atom. The van der Waals surface area contributed by atoms with Crippen molar-refractivity contribution in [1.82, 2.24) is 0 Å². The zero-order valence-corrected chi connectivity index (χ0v) is 20.1. The normalized spacial score (nSPS) is 11.2. The third kappa shape index (κ3) is 4.59. The number of rotatable bonds is 6. The third-order valence-corrected chi connectivity index (χ3v) is 10.0. The van der Waals surface area contributed by atoms with E-state index in [2.05, 4.69) is 129 Å². The first kappa shape index (κ1) is 22.5. The molecular weight excluding hydrogens is 447 g/mol. The van der Waals surface area contributed by atoms with Crippen molar-refractivity contribution in [3.8, 4) is 0 Å². The topological polar surface area (TPSA) is 0 Å². The van der Waals surface area contributed by atoms with Crippen LogP contribution in [-0.4, -0.2) is 0 Å². The highest BCUT2D eigenvalue weighted by Crippen LogP contribution is 2.58. The van der Waals surface area contributed by atoms with E-state index in [-0.39, 0.29) is 17.0 Å². The van der Waals surface area contributed by atoms with E-state index in [0.29, 0.717) is 5.92 Å². The van der Waals surface area contributed by atoms with Crippen LogP contribution in [0.5, 0.6) is 0 Å². The van der Waals surface area contributed by atoms with Crippen LogP contribution in [0.3, 0.4) is 0 Å². The van der Waals surface area contributed by atoms with Crippen molar-refractivity contribution >= 4 is 23.2 Å². The summed E-state index contributed by atoms with van der Waals surface area (Å²) in [5.74, 6) is 0.556. The van der Waals surface area contributed by atoms with Crippen molar-refractivity contribution in [2.75, 3.05) is 0 Å². The molecule has 0 aliphatic rings. The van der Waals surface area contributed by atoms with Gasteiger partial charge in [0.1, 0.15) is 23.2 Å². The van der Waals surface area contributed by atoms with E-state index >= 15 is 0 Å². The fraction of sp³-hybridized carbons (Fsp3) is 0.143. The zero-order valence-electron chi connectivity index (χ0n) is 17.6. The van der Waals surface area contributed by atoms with Gasteiger partial charge in [0.15, 0.2) is 0 Å². The van der Waals surface area contributed by atoms with Crippen LogP contribution in [-0.2, 0) is 6.16 Å². The van der Waals surface area contributed by atoms with Crippen LogP contribution in [0.2, 0.25) is 0 Å². The fourth-order valence-corrected chi connectivity index (χ4v) is 8.29. The van der Waals surface area contributed by atoms with E-state index in [0.717, 1.165) is 6.16 Å². The molecule has 0 nitrogen and oxygen atoms in total. The molecule has 2 heteroatoms. The van der Waals surface area contributed by atoms with Crippen molar-refractivity contribution in [2.45, 2.75) is 25.9 Å². The maximum Gasteiger partial charge on any atom is 0.116 e. The minimum Gasteiger partial charge on any atom is -1.00 e. The van der Waals surface area contributed by atoms with Crippen LogP contribution >= 0.6 is 7.26 Å². The zero-order chi connectivity index (χ0) is 20.1. The lowest BCUT2D eigenvalue weighted by Crippen LogP contribution is -3.00. The van der Waals surface area contributed by atoms with Crippen molar-refractivity contribution in [1.29, 1.82) is 0 Å². The van der Waals surface area contributed by atoms with Gasteiger partial charge in [0.2, 0.25) is 0 Å². The highest BCUT2D eigenvalue weighted by molar-refractivity contribution is 7.95. The van der Waals surface area contributed by atoms with Gasteiger partial charge in [0.05, 0.1) is 6.16 Å². The molecule has 4 aromatic carbocycles. The van der Waals surface area contributed by atoms with Gasteiger partial charge in [-0.2, -0.15) is 0 Å². The molecular formula is C28H28BrP. The maximum atomic E-state index is 2.33. The molecule has 0 saturated carbocycles. The molecule has 0 aliphatic heterocycles. The Hall–Kier alpha value is -2.21. The van der Waals surface area contributed by atoms with E-state index in [4.69, 9.17) is 0 Å². The average molecular weight is 475 g/mol. The monoisotopic (exact) mass is 474 g/mol. The van der Waals surface area contributed by atoms with E-state index < -0.39 is 7.26 Å². The van der Waals surface area contributed by atoms with Gasteiger partial charge in [-0.05, 0) is 53.4 Å². The fourth-order valence-electron chi connectivity index (χ4n) is 4.05. The van der Waals surface area contributed by atoms with E-state index in [9.17, 15) is 0 Å². The van der Waals surface area contributed by atoms with Gasteiger partial charge in [-0.15, -0.1) is 0 Å². The summed E-state index contributed by atoms with van der Waals surface area (Å²) in [6, 6.07) is 42.6. The largest absolute Gasteiger partial charge is 1.00 e. The maximum absolute atomic E-state index is 2.33. The standard InChI is InChI=1S/C28H28P.BrH/c1-23(2)25-20-18-24(19-21-25)22-29(26-12-6-3-7-13-26,27-14-8-4-9-15-27)28-16-10-5-11-17-28;/h3-21,23H,22H2,1-2H3;1H/q+1;/p-1. The lowest BCUT2D eigenvalue weighted by atomic mass is 10.0. The molecule has 0 aromatic heterocycles. The SMILES string of the molecule is CC(C)c1ccc(C[P+](c2ccccc2)(c2ccccc2)c2ccccc2)cc1.[Br-]. The first-order chi connectivity index (χ1) is 14.2. The number of hydrogen-bond donors (Lipinski definition) is 0. The van der Waals surface area contributed by atoms with Gasteiger partial charge in [-0.3, -0.25) is 0 Å². The summed E-state index contributed by atoms with van der Waals surface area (Å²) in [5, 5.41) is 4.31. The molecule has 0 amide bonds. The number of hydrogen-bond acceptors (Lipinski definition) is 0. The lowest BCUT2D eigenvalue weighted by molar-refractivity contribution is -0.00000581. The average Bonchev–Trinajstić information content (AvgIpc) is 2.79. The van der Waals surface area contributed by atoms with Crippen molar-refractivity contribution in [3.63, 3.8) is 0 Å². The minimum absolute atomic E-state index is 0. The molecule has 0 saturated heterocycles. The third-order valence-electron chi connectivity index (χ3n) is 5.66. The van der Waals surface area contributed by atoms with Gasteiger partial charge < -0.3 is 17.0 Å². The molecule has 0 bridgehead atoms. The Bertz CT molecular complexity index is 930. The van der Waals surface area contributed by atoms with Gasteiger partial charge in [0, 0.05) is 0 Å². The molecule has 0 fully saturated rings. The molecule has 0 atom stereocenters. The first-order valence-corrected chi connectivity index (χ1v) is 12.3. The summed E-state index contributed by atoms with van der Waals surface area (Å²) >= 11 is 0. The molecule has 0 heterocycles. The first-order valence-electron chi connectivity index (χ1n) is 10.3. The van der Waals surface area contributed by atoms with Crippen LogP contribution in [0, 0.1) is 0 Å². The summed E-state index contributed by atoms with van der Waals surface area (Å²) in [5.41, 5.74) is 2.80. The van der Waals surface area contributed by atoms with Gasteiger partial charge in [0.25, 0.3) is 0 Å². The summed E-state index contributed by atoms with van der Waals surface area (Å²) in [4.78, 5) is 0. The highest BCUT2D eigenvalue weighted by Gasteiger charge is 2.45. The van der Waals surface area contributed by atoms with Crippen molar-refractivity contribution in [3.05, 3.63) is 126 Å². The predicted octanol–water partition coefficient (Wildman–Crippen LogP) is 3.31. The van der Waals surface area contributed by atoms with Gasteiger partial charge >= 0.3 is 0 Å². The lowest BCUT2D eigenvalue weighted by Gasteiger charge is -2.28. The second-order valence-electron chi connectivity index (χ2n) is 7.87. The van der Waals surface area contributed by atoms with Crippen LogP contribution in [0.15, 0.2) is 115 Å². The van der Waals surface area contributed by atoms with Crippen molar-refractivity contribution in [2.24, 2.45) is 0 Å². The molecule has 30 heavy (non-hydrogen) atoms. The summed E-state index contributed by atoms with van der Waals surface area (Å²) < 4.78 is 0. The summed E-state index contributed by atoms with van der Waals surface area (Å²) in [7, 11) is -1.81. The van der Waals surface area contributed by atoms with Crippen LogP contribution in [0.25, 0.3) is 0 Å². The molecule has 4 rings (SSSR count). The highest BCUT2D eigenvalue weighted by atomic mass is 79.9. The Balaban J connectivity index is 0.00000256. The Morgan fingerprint density at radius 3 is 1.23 bits per heavy atom. The minimum atomic E-state index is -1.81. The smallest absolute Gasteiger partial charge is 0.116 e. The van der Waals surface area contributed by atoms with Gasteiger partial charge in [-0.1, -0.05) is 92.7 Å². The second-order valence-corrected chi connectivity index (χ2v) is 11.4. The second kappa shape index (κ2) is 10.2. The predicted molar refractivity (Wildman–Crippen MR) is 129 cm³/mol. The van der Waals surface area contributed by atoms with E-state index in [1.165, 1.54) is 27.0 Å². The number of halogens is 1. The quantitative estimate of drug-likeness (QED) is 0.376. The molecule has 0 radical (unpaired) electrons. The van der Waals surface area contributed by atoms with Crippen molar-refractivity contribution < 1.29 is 17.0 Å². The summed E-state index contributed by atoms with van der Waals surface area (Å²) in [6.07, 6.45) is 1.03. The molecule has 152 valence electrons. The molecule has 0 N–H and O–H groups in total. The molecule has 0 unspecified atom stereocenters.